The number of aromatic nitrogens is 4. The average Bonchev–Trinajstić information content (AvgIpc) is 3.32. The predicted octanol–water partition coefficient (Wildman–Crippen LogP) is 4.12. The van der Waals surface area contributed by atoms with Gasteiger partial charge in [0.15, 0.2) is 5.16 Å². The summed E-state index contributed by atoms with van der Waals surface area (Å²) < 4.78 is 1.20. The van der Waals surface area contributed by atoms with Gasteiger partial charge in [0, 0.05) is 12.1 Å². The van der Waals surface area contributed by atoms with Crippen LogP contribution in [-0.2, 0) is 11.2 Å². The zero-order valence-corrected chi connectivity index (χ0v) is 16.2. The molecule has 2 N–H and O–H groups in total. The van der Waals surface area contributed by atoms with Crippen LogP contribution in [0, 0.1) is 0 Å². The third-order valence-corrected chi connectivity index (χ3v) is 5.99. The number of hydrogen-bond donors (Lipinski definition) is 2. The van der Waals surface area contributed by atoms with E-state index >= 15 is 0 Å². The van der Waals surface area contributed by atoms with Gasteiger partial charge in [-0.3, -0.25) is 9.89 Å². The van der Waals surface area contributed by atoms with Crippen molar-refractivity contribution in [3.63, 3.8) is 0 Å². The Labute approximate surface area is 164 Å². The van der Waals surface area contributed by atoms with Crippen molar-refractivity contribution >= 4 is 44.9 Å². The van der Waals surface area contributed by atoms with Gasteiger partial charge in [0.25, 0.3) is 0 Å². The van der Waals surface area contributed by atoms with E-state index in [2.05, 4.69) is 31.5 Å². The molecule has 27 heavy (non-hydrogen) atoms. The first-order valence-corrected chi connectivity index (χ1v) is 10.1. The highest BCUT2D eigenvalue weighted by molar-refractivity contribution is 8.00. The maximum atomic E-state index is 12.3. The van der Waals surface area contributed by atoms with Crippen molar-refractivity contribution in [1.29, 1.82) is 0 Å². The molecule has 1 amide bonds. The van der Waals surface area contributed by atoms with Crippen LogP contribution in [-0.4, -0.2) is 31.3 Å². The molecule has 4 rings (SSSR count). The number of amides is 1. The van der Waals surface area contributed by atoms with Gasteiger partial charge in [-0.2, -0.15) is 5.10 Å². The summed E-state index contributed by atoms with van der Waals surface area (Å²) in [5.41, 5.74) is 2.98. The molecule has 0 radical (unpaired) electrons. The summed E-state index contributed by atoms with van der Waals surface area (Å²) in [4.78, 5) is 21.0. The number of nitrogens with one attached hydrogen (secondary N) is 2. The smallest absolute Gasteiger partial charge is 0.237 e. The van der Waals surface area contributed by atoms with Crippen LogP contribution < -0.4 is 5.32 Å². The molecule has 0 fully saturated rings. The van der Waals surface area contributed by atoms with Crippen molar-refractivity contribution in [1.82, 2.24) is 20.2 Å². The van der Waals surface area contributed by atoms with Crippen LogP contribution in [0.5, 0.6) is 0 Å². The van der Waals surface area contributed by atoms with Gasteiger partial charge >= 0.3 is 0 Å². The summed E-state index contributed by atoms with van der Waals surface area (Å²) in [7, 11) is 0. The molecule has 1 atom stereocenters. The van der Waals surface area contributed by atoms with Crippen LogP contribution in [0.25, 0.3) is 10.2 Å². The first kappa shape index (κ1) is 17.7. The molecule has 8 heteroatoms. The van der Waals surface area contributed by atoms with Crippen LogP contribution in [0.1, 0.15) is 17.5 Å². The van der Waals surface area contributed by atoms with E-state index in [9.17, 15) is 4.79 Å². The molecule has 2 aromatic heterocycles. The lowest BCUT2D eigenvalue weighted by molar-refractivity contribution is -0.115. The summed E-state index contributed by atoms with van der Waals surface area (Å²) in [5.74, 6) is -0.0738. The number of rotatable bonds is 6. The predicted molar refractivity (Wildman–Crippen MR) is 109 cm³/mol. The minimum atomic E-state index is -0.277. The lowest BCUT2D eigenvalue weighted by Gasteiger charge is -2.10. The largest absolute Gasteiger partial charge is 0.325 e. The number of carbonyl (C=O) groups is 1. The zero-order chi connectivity index (χ0) is 18.6. The van der Waals surface area contributed by atoms with Crippen LogP contribution in [0.15, 0.2) is 60.0 Å². The Hall–Kier alpha value is -2.71. The maximum absolute atomic E-state index is 12.3. The van der Waals surface area contributed by atoms with Crippen molar-refractivity contribution in [2.75, 3.05) is 5.32 Å². The van der Waals surface area contributed by atoms with E-state index in [4.69, 9.17) is 0 Å². The number of H-pyrrole nitrogens is 1. The van der Waals surface area contributed by atoms with Crippen molar-refractivity contribution < 1.29 is 4.79 Å². The van der Waals surface area contributed by atoms with Gasteiger partial charge in [0.2, 0.25) is 5.91 Å². The molecule has 0 aliphatic heterocycles. The van der Waals surface area contributed by atoms with Crippen molar-refractivity contribution in [3.05, 3.63) is 65.4 Å². The summed E-state index contributed by atoms with van der Waals surface area (Å²) in [6, 6.07) is 16.1. The average molecular weight is 396 g/mol. The first-order chi connectivity index (χ1) is 13.2. The Morgan fingerprint density at radius 2 is 2.04 bits per heavy atom. The minimum Gasteiger partial charge on any atom is -0.325 e. The highest BCUT2D eigenvalue weighted by Gasteiger charge is 2.16. The van der Waals surface area contributed by atoms with Gasteiger partial charge in [-0.05, 0) is 36.8 Å². The summed E-state index contributed by atoms with van der Waals surface area (Å²) in [5, 5.41) is 10.9. The fourth-order valence-corrected chi connectivity index (χ4v) is 4.31. The van der Waals surface area contributed by atoms with Gasteiger partial charge in [0.05, 0.1) is 20.5 Å². The summed E-state index contributed by atoms with van der Waals surface area (Å²) in [6.07, 6.45) is 2.21. The molecule has 4 aromatic rings. The summed E-state index contributed by atoms with van der Waals surface area (Å²) in [6.45, 7) is 1.84. The number of aromatic amines is 1. The Morgan fingerprint density at radius 3 is 2.78 bits per heavy atom. The number of thiazole rings is 1. The second-order valence-electron chi connectivity index (χ2n) is 5.99. The molecule has 2 heterocycles. The summed E-state index contributed by atoms with van der Waals surface area (Å²) >= 11 is 3.05. The van der Waals surface area contributed by atoms with Gasteiger partial charge in [0.1, 0.15) is 6.33 Å². The van der Waals surface area contributed by atoms with Gasteiger partial charge in [-0.1, -0.05) is 36.0 Å². The highest BCUT2D eigenvalue weighted by Crippen LogP contribution is 2.24. The number of benzene rings is 2. The van der Waals surface area contributed by atoms with E-state index in [1.54, 1.807) is 11.3 Å². The Bertz CT molecular complexity index is 1010. The van der Waals surface area contributed by atoms with Crippen molar-refractivity contribution in [3.8, 4) is 0 Å². The molecule has 0 aliphatic rings. The monoisotopic (exact) mass is 395 g/mol. The number of carbonyl (C=O) groups excluding carboxylic acids is 1. The topological polar surface area (TPSA) is 83.6 Å². The highest BCUT2D eigenvalue weighted by atomic mass is 32.2. The number of hydrogen-bond acceptors (Lipinski definition) is 6. The van der Waals surface area contributed by atoms with Gasteiger partial charge in [-0.15, -0.1) is 11.3 Å². The van der Waals surface area contributed by atoms with Crippen molar-refractivity contribution in [2.24, 2.45) is 0 Å². The van der Waals surface area contributed by atoms with Gasteiger partial charge < -0.3 is 5.32 Å². The lowest BCUT2D eigenvalue weighted by atomic mass is 10.1. The minimum absolute atomic E-state index is 0.0738. The normalized spacial score (nSPS) is 12.2. The Kier molecular flexibility index (Phi) is 5.17. The second kappa shape index (κ2) is 7.89. The van der Waals surface area contributed by atoms with Crippen LogP contribution in [0.2, 0.25) is 0 Å². The maximum Gasteiger partial charge on any atom is 0.237 e. The van der Waals surface area contributed by atoms with Crippen molar-refractivity contribution in [2.45, 2.75) is 23.8 Å². The lowest BCUT2D eigenvalue weighted by Crippen LogP contribution is -2.22. The number of para-hydroxylation sites is 1. The van der Waals surface area contributed by atoms with E-state index in [-0.39, 0.29) is 11.2 Å². The number of anilines is 1. The molecular formula is C19H17N5OS2. The van der Waals surface area contributed by atoms with Crippen LogP contribution in [0.4, 0.5) is 5.69 Å². The molecule has 0 aliphatic carbocycles. The van der Waals surface area contributed by atoms with Crippen LogP contribution in [0.3, 0.4) is 0 Å². The molecule has 0 saturated carbocycles. The van der Waals surface area contributed by atoms with Crippen LogP contribution >= 0.6 is 23.1 Å². The molecule has 0 bridgehead atoms. The molecule has 0 saturated heterocycles. The molecule has 6 nitrogen and oxygen atoms in total. The quantitative estimate of drug-likeness (QED) is 0.480. The molecule has 0 spiro atoms. The fraction of sp³-hybridized carbons (Fsp3) is 0.158. The Balaban J connectivity index is 1.37. The van der Waals surface area contributed by atoms with E-state index in [1.807, 2.05) is 49.4 Å². The Morgan fingerprint density at radius 1 is 1.22 bits per heavy atom. The zero-order valence-electron chi connectivity index (χ0n) is 14.5. The second-order valence-corrected chi connectivity index (χ2v) is 8.43. The third kappa shape index (κ3) is 4.35. The molecular weight excluding hydrogens is 378 g/mol. The van der Waals surface area contributed by atoms with E-state index < -0.39 is 0 Å². The van der Waals surface area contributed by atoms with E-state index in [0.717, 1.165) is 28.2 Å². The number of nitrogens with zero attached hydrogens (tertiary/aromatic N) is 3. The molecule has 2 aromatic carbocycles. The molecule has 136 valence electrons. The molecule has 1 unspecified atom stereocenters. The fourth-order valence-electron chi connectivity index (χ4n) is 2.59. The number of thioether (sulfide) groups is 1. The SMILES string of the molecule is CC(Sc1ncn[nH]1)C(=O)Nc1ccc(Cc2nc3ccccc3s2)cc1. The van der Waals surface area contributed by atoms with Gasteiger partial charge in [-0.25, -0.2) is 9.97 Å². The first-order valence-electron chi connectivity index (χ1n) is 8.43. The standard InChI is InChI=1S/C19H17N5OS2/c1-12(26-19-20-11-21-24-19)18(25)22-14-8-6-13(7-9-14)10-17-23-15-4-2-3-5-16(15)27-17/h2-9,11-12H,10H2,1H3,(H,22,25)(H,20,21,24). The number of fused-ring (bicyclic) bond motifs is 1. The van der Waals surface area contributed by atoms with E-state index in [0.29, 0.717) is 5.16 Å². The third-order valence-electron chi connectivity index (χ3n) is 3.97. The van der Waals surface area contributed by atoms with E-state index in [1.165, 1.54) is 22.8 Å².